The Labute approximate surface area is 111 Å². The number of rotatable bonds is 1. The number of hydrogen-bond donors (Lipinski definition) is 4. The van der Waals surface area contributed by atoms with Gasteiger partial charge in [-0.25, -0.2) is 10.0 Å². The average Bonchev–Trinajstić information content (AvgIpc) is 3.04. The Hall–Kier alpha value is -1.79. The molecular weight excluding hydrogens is 240 g/mol. The molecule has 0 atom stereocenters. The number of nitrogens with zero attached hydrogens (tertiary/aromatic N) is 2. The molecule has 3 aliphatic rings. The van der Waals surface area contributed by atoms with Crippen LogP contribution in [0.5, 0.6) is 0 Å². The normalized spacial score (nSPS) is 29.2. The minimum absolute atomic E-state index is 0.378. The summed E-state index contributed by atoms with van der Waals surface area (Å²) in [4.78, 5) is 7.54. The van der Waals surface area contributed by atoms with Gasteiger partial charge in [0.1, 0.15) is 12.2 Å². The number of aromatic nitrogens is 1. The number of hydrazine groups is 2. The zero-order valence-electron chi connectivity index (χ0n) is 10.7. The molecule has 0 unspecified atom stereocenters. The maximum Gasteiger partial charge on any atom is 0.141 e. The minimum Gasteiger partial charge on any atom is -0.346 e. The SMILES string of the molecule is NC1CCC(C2=C3c4cc[nH]c4N=CN3NN2)CC1. The predicted molar refractivity (Wildman–Crippen MR) is 73.9 cm³/mol. The Kier molecular flexibility index (Phi) is 2.39. The van der Waals surface area contributed by atoms with Crippen LogP contribution in [0.3, 0.4) is 0 Å². The first-order chi connectivity index (χ1) is 9.33. The summed E-state index contributed by atoms with van der Waals surface area (Å²) in [6.45, 7) is 0. The molecule has 5 N–H and O–H groups in total. The molecule has 1 aliphatic carbocycles. The van der Waals surface area contributed by atoms with Crippen molar-refractivity contribution in [1.29, 1.82) is 0 Å². The number of nitrogens with two attached hydrogens (primary N) is 1. The second-order valence-corrected chi connectivity index (χ2v) is 5.47. The molecule has 4 rings (SSSR count). The molecule has 0 bridgehead atoms. The third kappa shape index (κ3) is 1.67. The number of hydrogen-bond acceptors (Lipinski definition) is 5. The standard InChI is InChI=1S/C13H18N6/c14-9-3-1-8(2-4-9)11-12-10-5-6-15-13(10)16-7-19(12)18-17-11/h5-9,15,17-18H,1-4,14H2. The van der Waals surface area contributed by atoms with E-state index in [0.717, 1.165) is 37.1 Å². The molecule has 0 amide bonds. The van der Waals surface area contributed by atoms with E-state index in [0.29, 0.717) is 12.0 Å². The van der Waals surface area contributed by atoms with Gasteiger partial charge in [0.15, 0.2) is 0 Å². The van der Waals surface area contributed by atoms with Crippen LogP contribution in [0.2, 0.25) is 0 Å². The highest BCUT2D eigenvalue weighted by Gasteiger charge is 2.33. The van der Waals surface area contributed by atoms with Gasteiger partial charge in [-0.15, -0.1) is 5.53 Å². The van der Waals surface area contributed by atoms with Crippen molar-refractivity contribution < 1.29 is 0 Å². The van der Waals surface area contributed by atoms with Crippen molar-refractivity contribution in [2.75, 3.05) is 0 Å². The minimum atomic E-state index is 0.378. The molecule has 0 saturated heterocycles. The summed E-state index contributed by atoms with van der Waals surface area (Å²) in [5.41, 5.74) is 16.1. The number of H-pyrrole nitrogens is 1. The van der Waals surface area contributed by atoms with Gasteiger partial charge < -0.3 is 16.1 Å². The van der Waals surface area contributed by atoms with Gasteiger partial charge in [-0.05, 0) is 31.7 Å². The number of allylic oxidation sites excluding steroid dienone is 1. The fourth-order valence-electron chi connectivity index (χ4n) is 3.20. The molecule has 19 heavy (non-hydrogen) atoms. The molecule has 1 fully saturated rings. The highest BCUT2D eigenvalue weighted by atomic mass is 15.7. The Balaban J connectivity index is 1.72. The molecule has 100 valence electrons. The fraction of sp³-hybridized carbons (Fsp3) is 0.462. The molecule has 1 aromatic rings. The van der Waals surface area contributed by atoms with Crippen molar-refractivity contribution in [2.24, 2.45) is 16.6 Å². The van der Waals surface area contributed by atoms with Crippen LogP contribution in [-0.2, 0) is 0 Å². The first-order valence-corrected chi connectivity index (χ1v) is 6.85. The summed E-state index contributed by atoms with van der Waals surface area (Å²) in [7, 11) is 0. The van der Waals surface area contributed by atoms with E-state index in [2.05, 4.69) is 27.0 Å². The maximum absolute atomic E-state index is 6.00. The monoisotopic (exact) mass is 258 g/mol. The molecule has 6 nitrogen and oxygen atoms in total. The van der Waals surface area contributed by atoms with Gasteiger partial charge in [-0.3, -0.25) is 0 Å². The molecule has 6 heteroatoms. The van der Waals surface area contributed by atoms with Gasteiger partial charge in [0.25, 0.3) is 0 Å². The van der Waals surface area contributed by atoms with Gasteiger partial charge in [-0.2, -0.15) is 0 Å². The summed E-state index contributed by atoms with van der Waals surface area (Å²) >= 11 is 0. The molecule has 0 spiro atoms. The second-order valence-electron chi connectivity index (χ2n) is 5.47. The molecule has 1 aromatic heterocycles. The highest BCUT2D eigenvalue weighted by molar-refractivity contribution is 5.87. The fourth-order valence-corrected chi connectivity index (χ4v) is 3.20. The lowest BCUT2D eigenvalue weighted by molar-refractivity contribution is 0.340. The zero-order valence-corrected chi connectivity index (χ0v) is 10.7. The van der Waals surface area contributed by atoms with Crippen LogP contribution in [0, 0.1) is 5.92 Å². The van der Waals surface area contributed by atoms with E-state index in [9.17, 15) is 0 Å². The Morgan fingerprint density at radius 3 is 2.95 bits per heavy atom. The molecule has 1 saturated carbocycles. The number of fused-ring (bicyclic) bond motifs is 3. The van der Waals surface area contributed by atoms with Crippen LogP contribution in [0.25, 0.3) is 5.70 Å². The Bertz CT molecular complexity index is 549. The van der Waals surface area contributed by atoms with E-state index in [1.165, 1.54) is 11.4 Å². The number of nitrogens with one attached hydrogen (secondary N) is 3. The highest BCUT2D eigenvalue weighted by Crippen LogP contribution is 2.39. The maximum atomic E-state index is 6.00. The van der Waals surface area contributed by atoms with Crippen LogP contribution >= 0.6 is 0 Å². The second kappa shape index (κ2) is 4.11. The molecule has 2 aliphatic heterocycles. The lowest BCUT2D eigenvalue weighted by Gasteiger charge is -2.27. The predicted octanol–water partition coefficient (Wildman–Crippen LogP) is 1.20. The van der Waals surface area contributed by atoms with Crippen molar-refractivity contribution in [1.82, 2.24) is 21.0 Å². The van der Waals surface area contributed by atoms with Crippen LogP contribution in [0.1, 0.15) is 31.2 Å². The van der Waals surface area contributed by atoms with Gasteiger partial charge >= 0.3 is 0 Å². The van der Waals surface area contributed by atoms with Crippen LogP contribution in [0.15, 0.2) is 23.0 Å². The lowest BCUT2D eigenvalue weighted by atomic mass is 9.83. The van der Waals surface area contributed by atoms with Gasteiger partial charge in [0, 0.05) is 23.7 Å². The van der Waals surface area contributed by atoms with Gasteiger partial charge in [0.05, 0.1) is 11.4 Å². The smallest absolute Gasteiger partial charge is 0.141 e. The molecule has 3 heterocycles. The first-order valence-electron chi connectivity index (χ1n) is 6.85. The quantitative estimate of drug-likeness (QED) is 0.610. The molecule has 0 aromatic carbocycles. The van der Waals surface area contributed by atoms with Crippen molar-refractivity contribution >= 4 is 17.9 Å². The van der Waals surface area contributed by atoms with Crippen molar-refractivity contribution in [3.63, 3.8) is 0 Å². The molecule has 0 radical (unpaired) electrons. The largest absolute Gasteiger partial charge is 0.346 e. The summed E-state index contributed by atoms with van der Waals surface area (Å²) < 4.78 is 0. The van der Waals surface area contributed by atoms with Gasteiger partial charge in [-0.1, -0.05) is 0 Å². The summed E-state index contributed by atoms with van der Waals surface area (Å²) in [6.07, 6.45) is 8.27. The zero-order chi connectivity index (χ0) is 12.8. The summed E-state index contributed by atoms with van der Waals surface area (Å²) in [6, 6.07) is 2.46. The van der Waals surface area contributed by atoms with E-state index in [-0.39, 0.29) is 0 Å². The van der Waals surface area contributed by atoms with Crippen LogP contribution < -0.4 is 16.7 Å². The Morgan fingerprint density at radius 2 is 2.11 bits per heavy atom. The summed E-state index contributed by atoms with van der Waals surface area (Å²) in [5.74, 6) is 1.49. The van der Waals surface area contributed by atoms with Crippen LogP contribution in [0.4, 0.5) is 5.82 Å². The van der Waals surface area contributed by atoms with E-state index in [1.807, 2.05) is 17.5 Å². The number of aliphatic imine (C=N–C) groups is 1. The first kappa shape index (κ1) is 11.1. The van der Waals surface area contributed by atoms with E-state index in [4.69, 9.17) is 5.73 Å². The lowest BCUT2D eigenvalue weighted by Crippen LogP contribution is -2.38. The van der Waals surface area contributed by atoms with Crippen molar-refractivity contribution in [2.45, 2.75) is 31.7 Å². The van der Waals surface area contributed by atoms with Crippen molar-refractivity contribution in [3.8, 4) is 0 Å². The topological polar surface area (TPSA) is 81.5 Å². The summed E-state index contributed by atoms with van der Waals surface area (Å²) in [5, 5.41) is 1.96. The third-order valence-corrected chi connectivity index (χ3v) is 4.27. The van der Waals surface area contributed by atoms with E-state index < -0.39 is 0 Å². The average molecular weight is 258 g/mol. The van der Waals surface area contributed by atoms with Crippen LogP contribution in [-0.4, -0.2) is 22.4 Å². The van der Waals surface area contributed by atoms with E-state index in [1.54, 1.807) is 0 Å². The third-order valence-electron chi connectivity index (χ3n) is 4.27. The molecular formula is C13H18N6. The van der Waals surface area contributed by atoms with Crippen molar-refractivity contribution in [3.05, 3.63) is 23.5 Å². The van der Waals surface area contributed by atoms with Gasteiger partial charge in [0.2, 0.25) is 0 Å². The Morgan fingerprint density at radius 1 is 1.26 bits per heavy atom. The number of aromatic amines is 1. The van der Waals surface area contributed by atoms with E-state index >= 15 is 0 Å².